The van der Waals surface area contributed by atoms with Gasteiger partial charge in [-0.2, -0.15) is 0 Å². The Labute approximate surface area is 311 Å². The summed E-state index contributed by atoms with van der Waals surface area (Å²) in [6.45, 7) is 1.49. The molecule has 4 aliphatic rings. The number of nitrogens with zero attached hydrogens (tertiary/aromatic N) is 5. The highest BCUT2D eigenvalue weighted by Crippen LogP contribution is 2.64. The molecule has 0 radical (unpaired) electrons. The minimum absolute atomic E-state index is 0.0274. The van der Waals surface area contributed by atoms with Crippen LogP contribution in [0.5, 0.6) is 5.75 Å². The van der Waals surface area contributed by atoms with Crippen LogP contribution in [0.3, 0.4) is 0 Å². The molecule has 17 heteroatoms. The molecule has 7 rings (SSSR count). The van der Waals surface area contributed by atoms with Gasteiger partial charge in [-0.25, -0.2) is 14.2 Å². The molecule has 0 aromatic heterocycles. The normalized spacial score (nSPS) is 26.0. The summed E-state index contributed by atoms with van der Waals surface area (Å²) >= 11 is 6.07. The molecule has 2 saturated heterocycles. The van der Waals surface area contributed by atoms with E-state index < -0.39 is 85.7 Å². The number of ether oxygens (including phenoxy) is 1. The maximum atomic E-state index is 14.6. The molecular formula is C37H33ClFN5O10. The Morgan fingerprint density at radius 2 is 1.57 bits per heavy atom. The van der Waals surface area contributed by atoms with Gasteiger partial charge in [-0.05, 0) is 61.6 Å². The molecule has 1 saturated carbocycles. The third kappa shape index (κ3) is 5.42. The number of fused-ring (bicyclic) bond motifs is 4. The largest absolute Gasteiger partial charge is 0.491 e. The number of halogens is 2. The molecule has 0 bridgehead atoms. The Morgan fingerprint density at radius 3 is 2.15 bits per heavy atom. The Morgan fingerprint density at radius 1 is 0.926 bits per heavy atom. The summed E-state index contributed by atoms with van der Waals surface area (Å²) in [5.41, 5.74) is -2.09. The minimum Gasteiger partial charge on any atom is -0.491 e. The summed E-state index contributed by atoms with van der Waals surface area (Å²) in [5, 5.41) is 33.2. The van der Waals surface area contributed by atoms with Crippen LogP contribution in [0.1, 0.15) is 31.2 Å². The summed E-state index contributed by atoms with van der Waals surface area (Å²) in [4.78, 5) is 83.2. The predicted octanol–water partition coefficient (Wildman–Crippen LogP) is 5.17. The van der Waals surface area contributed by atoms with E-state index in [1.165, 1.54) is 31.1 Å². The van der Waals surface area contributed by atoms with Crippen molar-refractivity contribution in [2.75, 3.05) is 42.0 Å². The summed E-state index contributed by atoms with van der Waals surface area (Å²) in [6.07, 6.45) is 1.82. The average Bonchev–Trinajstić information content (AvgIpc) is 3.50. The smallest absolute Gasteiger partial charge is 0.301 e. The van der Waals surface area contributed by atoms with Crippen LogP contribution in [0.2, 0.25) is 5.02 Å². The van der Waals surface area contributed by atoms with E-state index in [9.17, 15) is 48.9 Å². The predicted molar refractivity (Wildman–Crippen MR) is 192 cm³/mol. The molecule has 1 N–H and O–H groups in total. The topological polar surface area (TPSA) is 194 Å². The van der Waals surface area contributed by atoms with Gasteiger partial charge in [-0.3, -0.25) is 39.4 Å². The van der Waals surface area contributed by atoms with Crippen LogP contribution in [-0.4, -0.2) is 65.9 Å². The van der Waals surface area contributed by atoms with Gasteiger partial charge in [0.05, 0.1) is 56.0 Å². The molecule has 2 aliphatic carbocycles. The van der Waals surface area contributed by atoms with E-state index in [-0.39, 0.29) is 48.1 Å². The van der Waals surface area contributed by atoms with Crippen molar-refractivity contribution in [1.29, 1.82) is 0 Å². The van der Waals surface area contributed by atoms with Crippen molar-refractivity contribution in [2.45, 2.75) is 25.7 Å². The van der Waals surface area contributed by atoms with E-state index in [4.69, 9.17) is 16.3 Å². The number of nitro benzene ring substituents is 2. The SMILES string of the molecule is CN(C)c1c([N+](=O)[O-])cc(N2C(=O)C3CC=C4C(CC5C(=O)N(c6ccc(F)c(Cl)c6)C(=O)C5(C)C4c4ccc(OCCO)cc4)C3C2=O)cc1[N+](=O)[O-]. The summed E-state index contributed by atoms with van der Waals surface area (Å²) < 4.78 is 19.7. The number of benzene rings is 3. The van der Waals surface area contributed by atoms with E-state index in [1.54, 1.807) is 37.3 Å². The number of amides is 4. The Bertz CT molecular complexity index is 2160. The number of imide groups is 2. The molecule has 2 aliphatic heterocycles. The van der Waals surface area contributed by atoms with Gasteiger partial charge in [0.15, 0.2) is 5.69 Å². The van der Waals surface area contributed by atoms with Crippen molar-refractivity contribution in [3.63, 3.8) is 0 Å². The van der Waals surface area contributed by atoms with Crippen LogP contribution in [0, 0.1) is 55.1 Å². The number of nitro groups is 2. The van der Waals surface area contributed by atoms with Gasteiger partial charge in [-0.1, -0.05) is 35.4 Å². The average molecular weight is 762 g/mol. The Hall–Kier alpha value is -5.74. The number of carbonyl (C=O) groups is 4. The second kappa shape index (κ2) is 13.3. The zero-order valence-electron chi connectivity index (χ0n) is 29.1. The molecule has 15 nitrogen and oxygen atoms in total. The van der Waals surface area contributed by atoms with Crippen LogP contribution in [0.15, 0.2) is 66.2 Å². The third-order valence-electron chi connectivity index (χ3n) is 11.2. The highest BCUT2D eigenvalue weighted by atomic mass is 35.5. The first kappa shape index (κ1) is 36.6. The lowest BCUT2D eigenvalue weighted by Crippen LogP contribution is -2.48. The van der Waals surface area contributed by atoms with Gasteiger partial charge in [0.25, 0.3) is 0 Å². The lowest BCUT2D eigenvalue weighted by molar-refractivity contribution is -0.392. The van der Waals surface area contributed by atoms with Crippen LogP contribution in [-0.2, 0) is 19.2 Å². The van der Waals surface area contributed by atoms with Crippen LogP contribution >= 0.6 is 11.6 Å². The fraction of sp³-hybridized carbons (Fsp3) is 0.351. The zero-order valence-corrected chi connectivity index (χ0v) is 29.9. The standard InChI is InChI=1S/C37H33ClFN5O10/c1-37-25(34(47)42(36(37)49)19-6-11-27(39)26(38)14-19)17-24-22(31(37)18-4-7-21(8-5-18)54-13-12-45)9-10-23-30(24)35(48)41(33(23)46)20-15-28(43(50)51)32(40(2)3)29(16-20)44(52)53/h4-9,11,14-16,23-25,30-31,45H,10,12-13,17H2,1-3H3. The molecular weight excluding hydrogens is 729 g/mol. The van der Waals surface area contributed by atoms with Gasteiger partial charge < -0.3 is 14.7 Å². The monoisotopic (exact) mass is 761 g/mol. The van der Waals surface area contributed by atoms with Crippen molar-refractivity contribution >= 4 is 63.7 Å². The van der Waals surface area contributed by atoms with Gasteiger partial charge in [0, 0.05) is 32.1 Å². The fourth-order valence-corrected chi connectivity index (χ4v) is 9.07. The lowest BCUT2D eigenvalue weighted by atomic mass is 9.51. The summed E-state index contributed by atoms with van der Waals surface area (Å²) in [7, 11) is 2.79. The highest BCUT2D eigenvalue weighted by molar-refractivity contribution is 6.32. The van der Waals surface area contributed by atoms with E-state index in [0.29, 0.717) is 16.9 Å². The van der Waals surface area contributed by atoms with Gasteiger partial charge >= 0.3 is 11.4 Å². The molecule has 2 heterocycles. The maximum Gasteiger partial charge on any atom is 0.301 e. The van der Waals surface area contributed by atoms with Crippen molar-refractivity contribution < 1.29 is 43.3 Å². The minimum atomic E-state index is -1.42. The first-order valence-electron chi connectivity index (χ1n) is 17.0. The summed E-state index contributed by atoms with van der Waals surface area (Å²) in [5.74, 6) is -7.53. The van der Waals surface area contributed by atoms with Crippen molar-refractivity contribution in [3.8, 4) is 5.75 Å². The zero-order chi connectivity index (χ0) is 39.0. The Kier molecular flexibility index (Phi) is 9.01. The molecule has 54 heavy (non-hydrogen) atoms. The fourth-order valence-electron chi connectivity index (χ4n) is 8.90. The van der Waals surface area contributed by atoms with E-state index in [0.717, 1.165) is 28.0 Å². The molecule has 280 valence electrons. The van der Waals surface area contributed by atoms with Crippen molar-refractivity contribution in [3.05, 3.63) is 103 Å². The van der Waals surface area contributed by atoms with Gasteiger partial charge in [-0.15, -0.1) is 0 Å². The highest BCUT2D eigenvalue weighted by Gasteiger charge is 2.67. The molecule has 3 fully saturated rings. The second-order valence-electron chi connectivity index (χ2n) is 14.2. The van der Waals surface area contributed by atoms with Crippen LogP contribution in [0.4, 0.5) is 32.8 Å². The summed E-state index contributed by atoms with van der Waals surface area (Å²) in [6, 6.07) is 12.2. The molecule has 6 atom stereocenters. The molecule has 3 aromatic carbocycles. The van der Waals surface area contributed by atoms with Crippen LogP contribution < -0.4 is 19.4 Å². The number of anilines is 3. The second-order valence-corrected chi connectivity index (χ2v) is 14.6. The third-order valence-corrected chi connectivity index (χ3v) is 11.5. The number of rotatable bonds is 9. The quantitative estimate of drug-likeness (QED) is 0.131. The Balaban J connectivity index is 1.34. The molecule has 6 unspecified atom stereocenters. The van der Waals surface area contributed by atoms with Crippen molar-refractivity contribution in [2.24, 2.45) is 29.1 Å². The van der Waals surface area contributed by atoms with E-state index in [1.807, 2.05) is 0 Å². The first-order chi connectivity index (χ1) is 25.6. The first-order valence-corrected chi connectivity index (χ1v) is 17.4. The molecule has 4 amide bonds. The number of allylic oxidation sites excluding steroid dienone is 2. The number of carbonyl (C=O) groups excluding carboxylic acids is 4. The number of aliphatic hydroxyl groups excluding tert-OH is 1. The van der Waals surface area contributed by atoms with E-state index >= 15 is 0 Å². The van der Waals surface area contributed by atoms with Crippen LogP contribution in [0.25, 0.3) is 0 Å². The van der Waals surface area contributed by atoms with Gasteiger partial charge in [0.1, 0.15) is 18.2 Å². The number of hydrogen-bond donors (Lipinski definition) is 1. The van der Waals surface area contributed by atoms with E-state index in [2.05, 4.69) is 0 Å². The molecule has 0 spiro atoms. The lowest BCUT2D eigenvalue weighted by Gasteiger charge is -2.49. The van der Waals surface area contributed by atoms with Gasteiger partial charge in [0.2, 0.25) is 23.6 Å². The molecule has 3 aromatic rings. The maximum absolute atomic E-state index is 14.6. The number of aliphatic hydroxyl groups is 1. The number of hydrogen-bond acceptors (Lipinski definition) is 11. The van der Waals surface area contributed by atoms with Crippen molar-refractivity contribution in [1.82, 2.24) is 0 Å².